The highest BCUT2D eigenvalue weighted by Gasteiger charge is 2.25. The molecule has 0 bridgehead atoms. The first kappa shape index (κ1) is 15.2. The van der Waals surface area contributed by atoms with Gasteiger partial charge in [0.1, 0.15) is 12.7 Å². The molecule has 1 aliphatic rings. The van der Waals surface area contributed by atoms with Crippen LogP contribution in [-0.4, -0.2) is 55.4 Å². The molecule has 1 aromatic rings. The van der Waals surface area contributed by atoms with Gasteiger partial charge in [0, 0.05) is 25.7 Å². The minimum atomic E-state index is -0.638. The molecule has 2 rings (SSSR count). The van der Waals surface area contributed by atoms with Crippen LogP contribution in [0.1, 0.15) is 12.8 Å². The summed E-state index contributed by atoms with van der Waals surface area (Å²) in [4.78, 5) is 2.33. The topological polar surface area (TPSA) is 44.7 Å². The molecule has 0 aliphatic heterocycles. The Balaban J connectivity index is 1.56. The smallest absolute Gasteiger partial charge is 0.165 e. The molecule has 1 aromatic carbocycles. The van der Waals surface area contributed by atoms with E-state index in [0.717, 1.165) is 19.1 Å². The number of para-hydroxylation sites is 1. The summed E-state index contributed by atoms with van der Waals surface area (Å²) in [6.07, 6.45) is 1.96. The van der Waals surface area contributed by atoms with Crippen molar-refractivity contribution in [1.29, 1.82) is 0 Å². The Labute approximate surface area is 119 Å². The van der Waals surface area contributed by atoms with E-state index >= 15 is 0 Å². The fraction of sp³-hybridized carbons (Fsp3) is 0.600. The van der Waals surface area contributed by atoms with Crippen LogP contribution in [0.4, 0.5) is 4.39 Å². The van der Waals surface area contributed by atoms with Gasteiger partial charge in [0.2, 0.25) is 0 Å². The third kappa shape index (κ3) is 5.07. The van der Waals surface area contributed by atoms with Crippen molar-refractivity contribution in [2.24, 2.45) is 0 Å². The first-order valence-electron chi connectivity index (χ1n) is 7.13. The Morgan fingerprint density at radius 3 is 2.90 bits per heavy atom. The summed E-state index contributed by atoms with van der Waals surface area (Å²) in [7, 11) is 2.12. The molecule has 1 aliphatic carbocycles. The Kier molecular flexibility index (Phi) is 5.76. The minimum absolute atomic E-state index is 0.0897. The van der Waals surface area contributed by atoms with Crippen molar-refractivity contribution >= 4 is 0 Å². The predicted molar refractivity (Wildman–Crippen MR) is 76.4 cm³/mol. The molecule has 2 N–H and O–H groups in total. The molecule has 20 heavy (non-hydrogen) atoms. The summed E-state index contributed by atoms with van der Waals surface area (Å²) >= 11 is 0. The van der Waals surface area contributed by atoms with Gasteiger partial charge < -0.3 is 20.1 Å². The molecule has 0 heterocycles. The van der Waals surface area contributed by atoms with Crippen LogP contribution < -0.4 is 10.1 Å². The van der Waals surface area contributed by atoms with Gasteiger partial charge in [-0.25, -0.2) is 4.39 Å². The lowest BCUT2D eigenvalue weighted by Crippen LogP contribution is -2.36. The summed E-state index contributed by atoms with van der Waals surface area (Å²) in [5.41, 5.74) is 0. The zero-order valence-electron chi connectivity index (χ0n) is 11.9. The summed E-state index contributed by atoms with van der Waals surface area (Å²) in [5, 5.41) is 12.9. The van der Waals surface area contributed by atoms with E-state index in [-0.39, 0.29) is 12.4 Å². The van der Waals surface area contributed by atoms with Crippen LogP contribution >= 0.6 is 0 Å². The predicted octanol–water partition coefficient (Wildman–Crippen LogP) is 1.25. The van der Waals surface area contributed by atoms with Crippen LogP contribution in [0.2, 0.25) is 0 Å². The minimum Gasteiger partial charge on any atom is -0.488 e. The second-order valence-electron chi connectivity index (χ2n) is 5.31. The van der Waals surface area contributed by atoms with Crippen LogP contribution in [0.15, 0.2) is 24.3 Å². The highest BCUT2D eigenvalue weighted by Crippen LogP contribution is 2.24. The number of aliphatic hydroxyl groups is 1. The molecule has 1 fully saturated rings. The van der Waals surface area contributed by atoms with E-state index < -0.39 is 11.9 Å². The van der Waals surface area contributed by atoms with Crippen molar-refractivity contribution in [2.75, 3.05) is 33.3 Å². The van der Waals surface area contributed by atoms with E-state index in [9.17, 15) is 9.50 Å². The second kappa shape index (κ2) is 7.57. The molecule has 1 unspecified atom stereocenters. The number of hydrogen-bond acceptors (Lipinski definition) is 4. The Bertz CT molecular complexity index is 413. The van der Waals surface area contributed by atoms with Crippen LogP contribution in [-0.2, 0) is 0 Å². The van der Waals surface area contributed by atoms with E-state index in [2.05, 4.69) is 17.3 Å². The number of nitrogens with one attached hydrogen (secondary N) is 1. The third-order valence-corrected chi connectivity index (χ3v) is 3.46. The first-order valence-corrected chi connectivity index (χ1v) is 7.13. The van der Waals surface area contributed by atoms with Gasteiger partial charge in [0.25, 0.3) is 0 Å². The molecular formula is C15H23FN2O2. The maximum Gasteiger partial charge on any atom is 0.165 e. The van der Waals surface area contributed by atoms with Crippen LogP contribution in [0.5, 0.6) is 5.75 Å². The zero-order valence-corrected chi connectivity index (χ0v) is 11.9. The molecule has 4 nitrogen and oxygen atoms in total. The highest BCUT2D eigenvalue weighted by atomic mass is 19.1. The standard InChI is InChI=1S/C15H23FN2O2/c1-18(12-6-7-12)9-8-17-10-13(19)11-20-15-5-3-2-4-14(15)16/h2-5,12-13,17,19H,6-11H2,1H3. The van der Waals surface area contributed by atoms with Gasteiger partial charge in [-0.3, -0.25) is 0 Å². The largest absolute Gasteiger partial charge is 0.488 e. The van der Waals surface area contributed by atoms with Crippen molar-refractivity contribution in [3.05, 3.63) is 30.1 Å². The molecule has 5 heteroatoms. The normalized spacial score (nSPS) is 16.4. The number of benzene rings is 1. The van der Waals surface area contributed by atoms with Gasteiger partial charge in [0.05, 0.1) is 0 Å². The highest BCUT2D eigenvalue weighted by molar-refractivity contribution is 5.23. The Morgan fingerprint density at radius 1 is 1.45 bits per heavy atom. The van der Waals surface area contributed by atoms with Gasteiger partial charge in [-0.1, -0.05) is 12.1 Å². The summed E-state index contributed by atoms with van der Waals surface area (Å²) < 4.78 is 18.5. The second-order valence-corrected chi connectivity index (χ2v) is 5.31. The fourth-order valence-corrected chi connectivity index (χ4v) is 2.03. The average molecular weight is 282 g/mol. The number of likely N-dealkylation sites (N-methyl/N-ethyl adjacent to an activating group) is 1. The monoisotopic (exact) mass is 282 g/mol. The Morgan fingerprint density at radius 2 is 2.20 bits per heavy atom. The van der Waals surface area contributed by atoms with Gasteiger partial charge >= 0.3 is 0 Å². The third-order valence-electron chi connectivity index (χ3n) is 3.46. The van der Waals surface area contributed by atoms with Gasteiger partial charge in [-0.05, 0) is 32.0 Å². The number of nitrogens with zero attached hydrogens (tertiary/aromatic N) is 1. The zero-order chi connectivity index (χ0) is 14.4. The number of ether oxygens (including phenoxy) is 1. The van der Waals surface area contributed by atoms with E-state index in [4.69, 9.17) is 4.74 Å². The summed E-state index contributed by atoms with van der Waals surface area (Å²) in [6.45, 7) is 2.36. The lowest BCUT2D eigenvalue weighted by Gasteiger charge is -2.17. The molecule has 1 saturated carbocycles. The molecule has 0 aromatic heterocycles. The SMILES string of the molecule is CN(CCNCC(O)COc1ccccc1F)C1CC1. The van der Waals surface area contributed by atoms with Crippen molar-refractivity contribution in [1.82, 2.24) is 10.2 Å². The maximum atomic E-state index is 13.3. The van der Waals surface area contributed by atoms with Crippen LogP contribution in [0.3, 0.4) is 0 Å². The average Bonchev–Trinajstić information content (AvgIpc) is 3.27. The van der Waals surface area contributed by atoms with Crippen molar-refractivity contribution in [3.8, 4) is 5.75 Å². The summed E-state index contributed by atoms with van der Waals surface area (Å²) in [6, 6.07) is 6.97. The first-order chi connectivity index (χ1) is 9.66. The molecule has 0 amide bonds. The van der Waals surface area contributed by atoms with E-state index in [1.165, 1.54) is 18.9 Å². The number of halogens is 1. The lowest BCUT2D eigenvalue weighted by atomic mass is 10.3. The number of rotatable bonds is 9. The summed E-state index contributed by atoms with van der Waals surface area (Å²) in [5.74, 6) is -0.223. The van der Waals surface area contributed by atoms with Crippen molar-refractivity contribution in [2.45, 2.75) is 25.0 Å². The van der Waals surface area contributed by atoms with Crippen molar-refractivity contribution in [3.63, 3.8) is 0 Å². The van der Waals surface area contributed by atoms with Gasteiger partial charge in [-0.15, -0.1) is 0 Å². The van der Waals surface area contributed by atoms with Gasteiger partial charge in [0.15, 0.2) is 11.6 Å². The maximum absolute atomic E-state index is 13.3. The molecular weight excluding hydrogens is 259 g/mol. The molecule has 0 spiro atoms. The van der Waals surface area contributed by atoms with Crippen LogP contribution in [0, 0.1) is 5.82 Å². The lowest BCUT2D eigenvalue weighted by molar-refractivity contribution is 0.103. The number of aliphatic hydroxyl groups excluding tert-OH is 1. The quantitative estimate of drug-likeness (QED) is 0.669. The molecule has 0 saturated heterocycles. The fourth-order valence-electron chi connectivity index (χ4n) is 2.03. The number of hydrogen-bond donors (Lipinski definition) is 2. The Hall–Kier alpha value is -1.17. The molecule has 112 valence electrons. The van der Waals surface area contributed by atoms with E-state index in [0.29, 0.717) is 6.54 Å². The van der Waals surface area contributed by atoms with E-state index in [1.54, 1.807) is 18.2 Å². The molecule has 1 atom stereocenters. The van der Waals surface area contributed by atoms with Gasteiger partial charge in [-0.2, -0.15) is 0 Å². The van der Waals surface area contributed by atoms with Crippen molar-refractivity contribution < 1.29 is 14.2 Å². The molecule has 0 radical (unpaired) electrons. The van der Waals surface area contributed by atoms with Crippen LogP contribution in [0.25, 0.3) is 0 Å². The van der Waals surface area contributed by atoms with E-state index in [1.807, 2.05) is 0 Å².